The number of aromatic nitrogens is 1. The fourth-order valence-electron chi connectivity index (χ4n) is 10.2. The van der Waals surface area contributed by atoms with Gasteiger partial charge in [-0.15, -0.1) is 0 Å². The van der Waals surface area contributed by atoms with E-state index in [2.05, 4.69) is 204 Å². The van der Waals surface area contributed by atoms with Gasteiger partial charge in [-0.25, -0.2) is 0 Å². The zero-order valence-electron chi connectivity index (χ0n) is 41.9. The second-order valence-electron chi connectivity index (χ2n) is 17.3. The molecule has 0 amide bonds. The molecule has 0 saturated heterocycles. The molecule has 2 heteroatoms. The van der Waals surface area contributed by atoms with Crippen LogP contribution >= 0.6 is 0 Å². The molecular weight excluding hydrogens is 821 g/mol. The Labute approximate surface area is 402 Å². The molecule has 0 saturated carbocycles. The summed E-state index contributed by atoms with van der Waals surface area (Å²) < 4.78 is 44.5. The number of hydrogen-bond donors (Lipinski definition) is 0. The van der Waals surface area contributed by atoms with E-state index >= 15 is 0 Å². The largest absolute Gasteiger partial charge is 0.310 e. The Morgan fingerprint density at radius 3 is 1.62 bits per heavy atom. The third kappa shape index (κ3) is 6.73. The Bertz CT molecular complexity index is 4260. The number of hydrogen-bond acceptors (Lipinski definition) is 1. The van der Waals surface area contributed by atoms with E-state index in [1.54, 1.807) is 0 Å². The predicted octanol–water partition coefficient (Wildman–Crippen LogP) is 18.4. The van der Waals surface area contributed by atoms with Gasteiger partial charge in [0.25, 0.3) is 0 Å². The third-order valence-corrected chi connectivity index (χ3v) is 13.5. The maximum absolute atomic E-state index is 8.65. The molecule has 0 atom stereocenters. The summed E-state index contributed by atoms with van der Waals surface area (Å²) in [7, 11) is 0. The summed E-state index contributed by atoms with van der Waals surface area (Å²) in [4.78, 5) is 2.23. The summed E-state index contributed by atoms with van der Waals surface area (Å²) in [6.45, 7) is 0. The maximum Gasteiger partial charge on any atom is 0.0629 e. The molecule has 318 valence electrons. The van der Waals surface area contributed by atoms with Gasteiger partial charge in [0.2, 0.25) is 0 Å². The van der Waals surface area contributed by atoms with E-state index in [0.717, 1.165) is 66.9 Å². The summed E-state index contributed by atoms with van der Waals surface area (Å²) in [6, 6.07) is 82.0. The second kappa shape index (κ2) is 16.5. The Balaban J connectivity index is 0.905. The van der Waals surface area contributed by atoms with Crippen molar-refractivity contribution in [2.24, 2.45) is 0 Å². The molecule has 1 aromatic heterocycles. The van der Waals surface area contributed by atoms with Gasteiger partial charge in [-0.2, -0.15) is 0 Å². The first-order chi connectivity index (χ1) is 35.8. The summed E-state index contributed by atoms with van der Waals surface area (Å²) in [5, 5.41) is 9.50. The Kier molecular flexibility index (Phi) is 8.33. The molecule has 2 nitrogen and oxygen atoms in total. The van der Waals surface area contributed by atoms with Crippen molar-refractivity contribution in [3.05, 3.63) is 267 Å². The van der Waals surface area contributed by atoms with Crippen molar-refractivity contribution in [2.45, 2.75) is 0 Å². The topological polar surface area (TPSA) is 8.17 Å². The van der Waals surface area contributed by atoms with Gasteiger partial charge in [-0.1, -0.05) is 212 Å². The van der Waals surface area contributed by atoms with E-state index in [1.807, 2.05) is 42.5 Å². The van der Waals surface area contributed by atoms with E-state index < -0.39 is 6.04 Å². The second-order valence-corrected chi connectivity index (χ2v) is 17.3. The van der Waals surface area contributed by atoms with Crippen molar-refractivity contribution in [1.29, 1.82) is 0 Å². The molecule has 0 aliphatic rings. The van der Waals surface area contributed by atoms with Crippen LogP contribution in [0.3, 0.4) is 0 Å². The van der Waals surface area contributed by atoms with Gasteiger partial charge in [-0.05, 0) is 121 Å². The van der Waals surface area contributed by atoms with Crippen LogP contribution < -0.4 is 4.90 Å². The fraction of sp³-hybridized carbons (Fsp3) is 0. The van der Waals surface area contributed by atoms with Crippen molar-refractivity contribution in [1.82, 2.24) is 4.57 Å². The molecule has 12 aromatic carbocycles. The van der Waals surface area contributed by atoms with E-state index in [-0.39, 0.29) is 29.7 Å². The molecule has 0 radical (unpaired) electrons. The van der Waals surface area contributed by atoms with Gasteiger partial charge < -0.3 is 9.47 Å². The number of nitrogens with zero attached hydrogens (tertiary/aromatic N) is 2. The van der Waals surface area contributed by atoms with Crippen LogP contribution in [0.1, 0.15) is 6.85 Å². The predicted molar refractivity (Wildman–Crippen MR) is 290 cm³/mol. The molecular formula is C66H44N2. The van der Waals surface area contributed by atoms with Crippen LogP contribution in [-0.4, -0.2) is 4.57 Å². The minimum Gasteiger partial charge on any atom is -0.310 e. The third-order valence-electron chi connectivity index (χ3n) is 13.5. The normalized spacial score (nSPS) is 12.6. The maximum atomic E-state index is 8.65. The molecule has 0 bridgehead atoms. The minimum atomic E-state index is -0.406. The highest BCUT2D eigenvalue weighted by Gasteiger charge is 2.20. The van der Waals surface area contributed by atoms with Gasteiger partial charge in [0.1, 0.15) is 0 Å². The zero-order valence-corrected chi connectivity index (χ0v) is 36.9. The van der Waals surface area contributed by atoms with Crippen LogP contribution in [0.25, 0.3) is 104 Å². The monoisotopic (exact) mass is 869 g/mol. The molecule has 0 spiro atoms. The lowest BCUT2D eigenvalue weighted by atomic mass is 9.94. The van der Waals surface area contributed by atoms with Crippen LogP contribution in [0.15, 0.2) is 267 Å². The Morgan fingerprint density at radius 1 is 0.324 bits per heavy atom. The van der Waals surface area contributed by atoms with E-state index in [0.29, 0.717) is 5.56 Å². The van der Waals surface area contributed by atoms with Crippen molar-refractivity contribution in [3.8, 4) is 50.2 Å². The lowest BCUT2D eigenvalue weighted by Crippen LogP contribution is -2.10. The lowest BCUT2D eigenvalue weighted by molar-refractivity contribution is 1.20. The number of rotatable bonds is 8. The smallest absolute Gasteiger partial charge is 0.0629 e. The average Bonchev–Trinajstić information content (AvgIpc) is 3.79. The highest BCUT2D eigenvalue weighted by atomic mass is 15.1. The van der Waals surface area contributed by atoms with Crippen molar-refractivity contribution in [2.75, 3.05) is 4.90 Å². The first-order valence-corrected chi connectivity index (χ1v) is 23.0. The van der Waals surface area contributed by atoms with E-state index in [1.165, 1.54) is 43.4 Å². The van der Waals surface area contributed by atoms with Crippen LogP contribution in [0.5, 0.6) is 0 Å². The highest BCUT2D eigenvalue weighted by molar-refractivity contribution is 6.22. The minimum absolute atomic E-state index is 0.177. The Morgan fingerprint density at radius 2 is 0.853 bits per heavy atom. The van der Waals surface area contributed by atoms with Gasteiger partial charge in [0, 0.05) is 32.9 Å². The van der Waals surface area contributed by atoms with Crippen molar-refractivity contribution >= 4 is 71.2 Å². The lowest BCUT2D eigenvalue weighted by Gasteiger charge is -2.27. The molecule has 0 aliphatic heterocycles. The summed E-state index contributed by atoms with van der Waals surface area (Å²) in [6.07, 6.45) is 0. The van der Waals surface area contributed by atoms with E-state index in [4.69, 9.17) is 6.85 Å². The van der Waals surface area contributed by atoms with Crippen LogP contribution in [0.4, 0.5) is 17.1 Å². The summed E-state index contributed by atoms with van der Waals surface area (Å²) in [5.74, 6) is 0. The SMILES string of the molecule is [2H]c1c([2H])c([2H])c(-c2ccc(N(c3ccc(-c4ccccc4)cc3)c3cccc4c(-c5ccc(-c6ccc7c(c6)c6c8ccccc8ccc6n7-c6cccc7ccccc67)cc5)cccc34)cc2)c([2H])c1[2H]. The van der Waals surface area contributed by atoms with Crippen molar-refractivity contribution < 1.29 is 6.85 Å². The van der Waals surface area contributed by atoms with Gasteiger partial charge in [-0.3, -0.25) is 0 Å². The first kappa shape index (κ1) is 34.4. The zero-order chi connectivity index (χ0) is 49.3. The fourth-order valence-corrected chi connectivity index (χ4v) is 10.2. The Hall–Kier alpha value is -8.98. The number of fused-ring (bicyclic) bond motifs is 7. The molecule has 1 heterocycles. The molecule has 0 fully saturated rings. The summed E-state index contributed by atoms with van der Waals surface area (Å²) >= 11 is 0. The molecule has 0 unspecified atom stereocenters. The molecule has 13 aromatic rings. The van der Waals surface area contributed by atoms with Crippen LogP contribution in [0, 0.1) is 0 Å². The van der Waals surface area contributed by atoms with Gasteiger partial charge in [0.05, 0.1) is 29.3 Å². The average molecular weight is 870 g/mol. The highest BCUT2D eigenvalue weighted by Crippen LogP contribution is 2.44. The molecule has 68 heavy (non-hydrogen) atoms. The van der Waals surface area contributed by atoms with Crippen molar-refractivity contribution in [3.63, 3.8) is 0 Å². The van der Waals surface area contributed by atoms with E-state index in [9.17, 15) is 0 Å². The van der Waals surface area contributed by atoms with Crippen LogP contribution in [0.2, 0.25) is 0 Å². The molecule has 0 aliphatic carbocycles. The first-order valence-electron chi connectivity index (χ1n) is 25.5. The number of benzene rings is 12. The quantitative estimate of drug-likeness (QED) is 0.148. The molecule has 0 N–H and O–H groups in total. The van der Waals surface area contributed by atoms with Crippen LogP contribution in [-0.2, 0) is 0 Å². The number of anilines is 3. The summed E-state index contributed by atoms with van der Waals surface area (Å²) in [5.41, 5.74) is 13.7. The van der Waals surface area contributed by atoms with Gasteiger partial charge in [0.15, 0.2) is 0 Å². The van der Waals surface area contributed by atoms with Gasteiger partial charge >= 0.3 is 0 Å². The standard InChI is InChI=1S/C66H44N2/c1-3-14-45(15-4-1)47-32-38-54(39-33-47)67(55-40-34-48(35-41-55)46-16-5-2-6-17-46)63-27-13-24-59-56(23-12-25-60(59)63)52-30-28-49(29-31-52)53-37-42-64-61(44-53)66-58-22-10-8-19-51(58)36-43-65(66)68(64)62-26-11-20-50-18-7-9-21-57(50)62/h1-44H/i1D,3D,4D,14D,15D. The molecule has 13 rings (SSSR count).